The van der Waals surface area contributed by atoms with Gasteiger partial charge in [0.2, 0.25) is 0 Å². The molecule has 0 aliphatic carbocycles. The number of rotatable bonds is 3. The van der Waals surface area contributed by atoms with Crippen LogP contribution >= 0.6 is 0 Å². The highest BCUT2D eigenvalue weighted by atomic mass is 16.2. The van der Waals surface area contributed by atoms with E-state index in [1.165, 1.54) is 0 Å². The van der Waals surface area contributed by atoms with Crippen molar-refractivity contribution in [3.63, 3.8) is 0 Å². The number of nitrogens with zero attached hydrogens (tertiary/aromatic N) is 2. The summed E-state index contributed by atoms with van der Waals surface area (Å²) < 4.78 is 0. The molecule has 0 atom stereocenters. The predicted molar refractivity (Wildman–Crippen MR) is 64.5 cm³/mol. The van der Waals surface area contributed by atoms with Gasteiger partial charge in [-0.05, 0) is 34.1 Å². The highest BCUT2D eigenvalue weighted by Crippen LogP contribution is 2.21. The highest BCUT2D eigenvalue weighted by molar-refractivity contribution is 5.96. The second kappa shape index (κ2) is 4.28. The second-order valence-corrected chi connectivity index (χ2v) is 4.84. The van der Waals surface area contributed by atoms with E-state index in [2.05, 4.69) is 31.0 Å². The first kappa shape index (κ1) is 12.7. The maximum Gasteiger partial charge on any atom is 0.257 e. The van der Waals surface area contributed by atoms with Gasteiger partial charge in [0, 0.05) is 18.3 Å². The van der Waals surface area contributed by atoms with Gasteiger partial charge in [0.05, 0.1) is 11.3 Å². The fourth-order valence-corrected chi connectivity index (χ4v) is 1.55. The topological polar surface area (TPSA) is 49.0 Å². The third-order valence-corrected chi connectivity index (χ3v) is 3.42. The number of aromatic nitrogens is 2. The zero-order valence-electron chi connectivity index (χ0n) is 11.0. The van der Waals surface area contributed by atoms with E-state index in [0.717, 1.165) is 17.8 Å². The van der Waals surface area contributed by atoms with E-state index < -0.39 is 0 Å². The van der Waals surface area contributed by atoms with Crippen LogP contribution in [0, 0.1) is 13.8 Å². The summed E-state index contributed by atoms with van der Waals surface area (Å²) in [7, 11) is 1.84. The Morgan fingerprint density at radius 3 is 2.38 bits per heavy atom. The molecule has 0 aromatic carbocycles. The second-order valence-electron chi connectivity index (χ2n) is 4.84. The molecule has 4 nitrogen and oxygen atoms in total. The monoisotopic (exact) mass is 223 g/mol. The van der Waals surface area contributed by atoms with E-state index >= 15 is 0 Å². The van der Waals surface area contributed by atoms with Crippen molar-refractivity contribution in [1.82, 2.24) is 15.1 Å². The fourth-order valence-electron chi connectivity index (χ4n) is 1.55. The normalized spacial score (nSPS) is 11.6. The smallest absolute Gasteiger partial charge is 0.257 e. The maximum atomic E-state index is 12.3. The number of carbonyl (C=O) groups is 1. The molecule has 90 valence electrons. The summed E-state index contributed by atoms with van der Waals surface area (Å²) in [4.78, 5) is 14.1. The molecule has 0 aliphatic rings. The highest BCUT2D eigenvalue weighted by Gasteiger charge is 2.29. The lowest BCUT2D eigenvalue weighted by molar-refractivity contribution is 0.0619. The van der Waals surface area contributed by atoms with Crippen molar-refractivity contribution in [3.8, 4) is 0 Å². The minimum atomic E-state index is -0.132. The van der Waals surface area contributed by atoms with E-state index in [0.29, 0.717) is 5.56 Å². The molecule has 1 N–H and O–H groups in total. The van der Waals surface area contributed by atoms with Gasteiger partial charge < -0.3 is 4.90 Å². The number of carbonyl (C=O) groups excluding carboxylic acids is 1. The minimum absolute atomic E-state index is 0.0376. The van der Waals surface area contributed by atoms with Gasteiger partial charge in [-0.3, -0.25) is 9.89 Å². The maximum absolute atomic E-state index is 12.3. The largest absolute Gasteiger partial charge is 0.336 e. The molecular weight excluding hydrogens is 202 g/mol. The molecule has 0 saturated carbocycles. The van der Waals surface area contributed by atoms with Gasteiger partial charge in [0.1, 0.15) is 0 Å². The van der Waals surface area contributed by atoms with Crippen LogP contribution in [0.5, 0.6) is 0 Å². The van der Waals surface area contributed by atoms with E-state index in [-0.39, 0.29) is 11.4 Å². The summed E-state index contributed by atoms with van der Waals surface area (Å²) >= 11 is 0. The fraction of sp³-hybridized carbons (Fsp3) is 0.667. The molecule has 0 spiro atoms. The molecule has 0 aliphatic heterocycles. The molecule has 1 amide bonds. The lowest BCUT2D eigenvalue weighted by Gasteiger charge is -2.34. The first-order valence-electron chi connectivity index (χ1n) is 5.61. The molecular formula is C12H21N3O. The van der Waals surface area contributed by atoms with Gasteiger partial charge in [-0.15, -0.1) is 0 Å². The minimum Gasteiger partial charge on any atom is -0.336 e. The first-order valence-corrected chi connectivity index (χ1v) is 5.61. The van der Waals surface area contributed by atoms with Gasteiger partial charge >= 0.3 is 0 Å². The number of aryl methyl sites for hydroxylation is 2. The van der Waals surface area contributed by atoms with Crippen molar-refractivity contribution in [2.75, 3.05) is 7.05 Å². The molecule has 1 heterocycles. The summed E-state index contributed by atoms with van der Waals surface area (Å²) in [5, 5.41) is 6.90. The van der Waals surface area contributed by atoms with Gasteiger partial charge in [-0.2, -0.15) is 5.10 Å². The zero-order chi connectivity index (χ0) is 12.5. The predicted octanol–water partition coefficient (Wildman–Crippen LogP) is 2.29. The third-order valence-electron chi connectivity index (χ3n) is 3.42. The van der Waals surface area contributed by atoms with Crippen LogP contribution in [0.2, 0.25) is 0 Å². The summed E-state index contributed by atoms with van der Waals surface area (Å²) in [6.45, 7) is 9.94. The van der Waals surface area contributed by atoms with Crippen LogP contribution < -0.4 is 0 Å². The van der Waals surface area contributed by atoms with Crippen LogP contribution in [-0.4, -0.2) is 33.6 Å². The van der Waals surface area contributed by atoms with Gasteiger partial charge in [0.25, 0.3) is 5.91 Å². The van der Waals surface area contributed by atoms with Crippen LogP contribution in [0.15, 0.2) is 0 Å². The van der Waals surface area contributed by atoms with E-state index in [4.69, 9.17) is 0 Å². The molecule has 4 heteroatoms. The van der Waals surface area contributed by atoms with Gasteiger partial charge in [-0.25, -0.2) is 0 Å². The van der Waals surface area contributed by atoms with Crippen LogP contribution in [0.4, 0.5) is 0 Å². The summed E-state index contributed by atoms with van der Waals surface area (Å²) in [6.07, 6.45) is 0.922. The van der Waals surface area contributed by atoms with Crippen molar-refractivity contribution >= 4 is 5.91 Å². The molecule has 16 heavy (non-hydrogen) atoms. The molecule has 1 aromatic heterocycles. The number of hydrogen-bond donors (Lipinski definition) is 1. The average Bonchev–Trinajstić information content (AvgIpc) is 2.56. The Balaban J connectivity index is 3.04. The molecule has 0 radical (unpaired) electrons. The first-order chi connectivity index (χ1) is 7.31. The molecule has 1 rings (SSSR count). The standard InChI is InChI=1S/C12H21N3O/c1-7-12(4,5)15(6)11(16)10-8(2)13-14-9(10)3/h7H2,1-6H3,(H,13,14). The number of hydrogen-bond acceptors (Lipinski definition) is 2. The Labute approximate surface area is 97.0 Å². The van der Waals surface area contributed by atoms with Crippen molar-refractivity contribution in [3.05, 3.63) is 17.0 Å². The van der Waals surface area contributed by atoms with Crippen molar-refractivity contribution in [2.45, 2.75) is 46.6 Å². The lowest BCUT2D eigenvalue weighted by Crippen LogP contribution is -2.44. The van der Waals surface area contributed by atoms with Gasteiger partial charge in [-0.1, -0.05) is 6.92 Å². The Morgan fingerprint density at radius 2 is 2.00 bits per heavy atom. The van der Waals surface area contributed by atoms with Crippen molar-refractivity contribution in [1.29, 1.82) is 0 Å². The van der Waals surface area contributed by atoms with Crippen LogP contribution in [0.1, 0.15) is 48.9 Å². The summed E-state index contributed by atoms with van der Waals surface area (Å²) in [5.74, 6) is 0.0376. The number of nitrogens with one attached hydrogen (secondary N) is 1. The molecule has 0 saturated heterocycles. The third kappa shape index (κ3) is 2.10. The Hall–Kier alpha value is -1.32. The number of amides is 1. The molecule has 0 unspecified atom stereocenters. The summed E-state index contributed by atoms with van der Waals surface area (Å²) in [5.41, 5.74) is 2.17. The molecule has 0 fully saturated rings. The van der Waals surface area contributed by atoms with Crippen LogP contribution in [0.3, 0.4) is 0 Å². The van der Waals surface area contributed by atoms with Crippen molar-refractivity contribution in [2.24, 2.45) is 0 Å². The van der Waals surface area contributed by atoms with Gasteiger partial charge in [0.15, 0.2) is 0 Å². The lowest BCUT2D eigenvalue weighted by atomic mass is 9.98. The molecule has 1 aromatic rings. The van der Waals surface area contributed by atoms with Crippen LogP contribution in [0.25, 0.3) is 0 Å². The Kier molecular flexibility index (Phi) is 3.41. The van der Waals surface area contributed by atoms with Crippen molar-refractivity contribution < 1.29 is 4.79 Å². The zero-order valence-corrected chi connectivity index (χ0v) is 11.0. The van der Waals surface area contributed by atoms with Crippen LogP contribution in [-0.2, 0) is 0 Å². The van der Waals surface area contributed by atoms with E-state index in [1.54, 1.807) is 4.90 Å². The SMILES string of the molecule is CCC(C)(C)N(C)C(=O)c1c(C)n[nH]c1C. The van der Waals surface area contributed by atoms with E-state index in [9.17, 15) is 4.79 Å². The number of H-pyrrole nitrogens is 1. The average molecular weight is 223 g/mol. The molecule has 0 bridgehead atoms. The summed E-state index contributed by atoms with van der Waals surface area (Å²) in [6, 6.07) is 0. The quantitative estimate of drug-likeness (QED) is 0.854. The Bertz CT molecular complexity index is 373. The van der Waals surface area contributed by atoms with E-state index in [1.807, 2.05) is 20.9 Å². The number of aromatic amines is 1. The Morgan fingerprint density at radius 1 is 1.44 bits per heavy atom.